The number of halogens is 3. The Bertz CT molecular complexity index is 853. The van der Waals surface area contributed by atoms with E-state index in [4.69, 9.17) is 4.42 Å². The minimum Gasteiger partial charge on any atom is -0.445 e. The minimum atomic E-state index is -4.24. The van der Waals surface area contributed by atoms with Crippen LogP contribution in [0, 0.1) is 0 Å². The highest BCUT2D eigenvalue weighted by Crippen LogP contribution is 2.31. The summed E-state index contributed by atoms with van der Waals surface area (Å²) in [5.41, 5.74) is 1.96. The fourth-order valence-corrected chi connectivity index (χ4v) is 3.18. The summed E-state index contributed by atoms with van der Waals surface area (Å²) in [5, 5.41) is 2.82. The van der Waals surface area contributed by atoms with E-state index < -0.39 is 12.7 Å². The van der Waals surface area contributed by atoms with Crippen LogP contribution in [0.2, 0.25) is 0 Å². The molecule has 1 amide bonds. The summed E-state index contributed by atoms with van der Waals surface area (Å²) in [7, 11) is 0. The Hall–Kier alpha value is -2.35. The first-order valence-corrected chi connectivity index (χ1v) is 9.16. The molecular weight excluding hydrogens is 371 g/mol. The number of oxazole rings is 1. The molecule has 0 fully saturated rings. The zero-order valence-electron chi connectivity index (χ0n) is 16.2. The summed E-state index contributed by atoms with van der Waals surface area (Å²) in [6.45, 7) is 5.48. The number of carbonyl (C=O) groups is 1. The van der Waals surface area contributed by atoms with Gasteiger partial charge in [0.1, 0.15) is 5.76 Å². The fourth-order valence-electron chi connectivity index (χ4n) is 3.18. The molecule has 0 radical (unpaired) electrons. The van der Waals surface area contributed by atoms with Gasteiger partial charge in [0, 0.05) is 37.0 Å². The summed E-state index contributed by atoms with van der Waals surface area (Å²) >= 11 is 0. The molecule has 1 aromatic carbocycles. The quantitative estimate of drug-likeness (QED) is 0.814. The van der Waals surface area contributed by atoms with Gasteiger partial charge in [-0.05, 0) is 17.2 Å². The number of alkyl halides is 3. The highest BCUT2D eigenvalue weighted by molar-refractivity contribution is 5.91. The van der Waals surface area contributed by atoms with Gasteiger partial charge in [-0.25, -0.2) is 4.98 Å². The lowest BCUT2D eigenvalue weighted by molar-refractivity contribution is -0.147. The summed E-state index contributed by atoms with van der Waals surface area (Å²) in [6.07, 6.45) is -2.03. The topological polar surface area (TPSA) is 58.4 Å². The zero-order chi connectivity index (χ0) is 20.5. The maximum atomic E-state index is 12.7. The molecule has 0 bridgehead atoms. The molecule has 0 saturated heterocycles. The number of benzene rings is 1. The van der Waals surface area contributed by atoms with Gasteiger partial charge in [0.05, 0.1) is 12.7 Å². The van der Waals surface area contributed by atoms with Crippen molar-refractivity contribution < 1.29 is 22.4 Å². The number of aromatic nitrogens is 1. The van der Waals surface area contributed by atoms with Gasteiger partial charge in [0.25, 0.3) is 0 Å². The Morgan fingerprint density at radius 3 is 2.64 bits per heavy atom. The van der Waals surface area contributed by atoms with Gasteiger partial charge in [-0.15, -0.1) is 0 Å². The molecule has 3 rings (SSSR count). The lowest BCUT2D eigenvalue weighted by atomic mass is 9.94. The van der Waals surface area contributed by atoms with Crippen molar-refractivity contribution in [2.45, 2.75) is 58.3 Å². The highest BCUT2D eigenvalue weighted by Gasteiger charge is 2.34. The first kappa shape index (κ1) is 20.4. The third-order valence-electron chi connectivity index (χ3n) is 4.58. The minimum absolute atomic E-state index is 0.152. The van der Waals surface area contributed by atoms with Crippen LogP contribution in [-0.4, -0.2) is 28.5 Å². The van der Waals surface area contributed by atoms with E-state index in [0.29, 0.717) is 18.0 Å². The van der Waals surface area contributed by atoms with E-state index in [2.05, 4.69) is 10.3 Å². The maximum absolute atomic E-state index is 12.7. The monoisotopic (exact) mass is 395 g/mol. The molecule has 2 heterocycles. The largest absolute Gasteiger partial charge is 0.445 e. The summed E-state index contributed by atoms with van der Waals surface area (Å²) < 4.78 is 43.6. The summed E-state index contributed by atoms with van der Waals surface area (Å²) in [4.78, 5) is 17.8. The van der Waals surface area contributed by atoms with Crippen molar-refractivity contribution in [3.63, 3.8) is 0 Å². The molecule has 0 aliphatic carbocycles. The Kier molecular flexibility index (Phi) is 5.52. The molecule has 28 heavy (non-hydrogen) atoms. The average molecular weight is 395 g/mol. The molecule has 1 aromatic heterocycles. The van der Waals surface area contributed by atoms with Gasteiger partial charge in [-0.1, -0.05) is 32.9 Å². The number of hydrogen-bond donors (Lipinski definition) is 1. The van der Waals surface area contributed by atoms with Gasteiger partial charge in [-0.2, -0.15) is 13.2 Å². The van der Waals surface area contributed by atoms with Crippen molar-refractivity contribution in [3.05, 3.63) is 47.2 Å². The molecule has 8 heteroatoms. The summed E-state index contributed by atoms with van der Waals surface area (Å²) in [6, 6.07) is 5.26. The zero-order valence-corrected chi connectivity index (χ0v) is 16.2. The van der Waals surface area contributed by atoms with Gasteiger partial charge < -0.3 is 9.73 Å². The number of nitrogens with one attached hydrogen (secondary N) is 1. The van der Waals surface area contributed by atoms with Gasteiger partial charge in [0.15, 0.2) is 5.89 Å². The number of rotatable bonds is 5. The van der Waals surface area contributed by atoms with Crippen LogP contribution in [0.5, 0.6) is 0 Å². The van der Waals surface area contributed by atoms with E-state index in [-0.39, 0.29) is 30.8 Å². The van der Waals surface area contributed by atoms with Crippen LogP contribution in [0.3, 0.4) is 0 Å². The smallest absolute Gasteiger partial charge is 0.401 e. The van der Waals surface area contributed by atoms with E-state index in [1.165, 1.54) is 4.90 Å². The lowest BCUT2D eigenvalue weighted by Gasteiger charge is -2.17. The van der Waals surface area contributed by atoms with Crippen LogP contribution in [0.25, 0.3) is 0 Å². The molecule has 1 aliphatic rings. The van der Waals surface area contributed by atoms with E-state index in [9.17, 15) is 18.0 Å². The number of fused-ring (bicyclic) bond motifs is 1. The molecule has 1 aliphatic heterocycles. The maximum Gasteiger partial charge on any atom is 0.401 e. The average Bonchev–Trinajstić information content (AvgIpc) is 3.17. The van der Waals surface area contributed by atoms with Crippen molar-refractivity contribution in [1.82, 2.24) is 9.88 Å². The van der Waals surface area contributed by atoms with Gasteiger partial charge >= 0.3 is 6.18 Å². The Labute approximate surface area is 161 Å². The molecule has 152 valence electrons. The van der Waals surface area contributed by atoms with Crippen LogP contribution >= 0.6 is 0 Å². The van der Waals surface area contributed by atoms with Crippen LogP contribution in [0.15, 0.2) is 28.8 Å². The van der Waals surface area contributed by atoms with Crippen molar-refractivity contribution in [2.24, 2.45) is 0 Å². The second kappa shape index (κ2) is 7.58. The third kappa shape index (κ3) is 5.13. The Morgan fingerprint density at radius 1 is 1.25 bits per heavy atom. The van der Waals surface area contributed by atoms with E-state index in [1.807, 2.05) is 20.8 Å². The van der Waals surface area contributed by atoms with E-state index in [1.54, 1.807) is 24.4 Å². The number of amides is 1. The molecule has 0 atom stereocenters. The van der Waals surface area contributed by atoms with Crippen LogP contribution in [-0.2, 0) is 29.7 Å². The number of carbonyl (C=O) groups excluding carboxylic acids is 1. The van der Waals surface area contributed by atoms with Crippen molar-refractivity contribution >= 4 is 11.6 Å². The second-order valence-electron chi connectivity index (χ2n) is 8.12. The molecule has 0 saturated carbocycles. The SMILES string of the molecule is CC(C)(C)c1cnc(CCC(=O)Nc2cccc3c2CN(CC(F)(F)F)C3)o1. The predicted octanol–water partition coefficient (Wildman–Crippen LogP) is 4.42. The van der Waals surface area contributed by atoms with Crippen molar-refractivity contribution in [3.8, 4) is 0 Å². The third-order valence-corrected chi connectivity index (χ3v) is 4.58. The van der Waals surface area contributed by atoms with E-state index >= 15 is 0 Å². The normalized spacial score (nSPS) is 14.9. The molecule has 5 nitrogen and oxygen atoms in total. The van der Waals surface area contributed by atoms with E-state index in [0.717, 1.165) is 16.9 Å². The van der Waals surface area contributed by atoms with Crippen LogP contribution < -0.4 is 5.32 Å². The van der Waals surface area contributed by atoms with Gasteiger partial charge in [0.2, 0.25) is 5.91 Å². The summed E-state index contributed by atoms with van der Waals surface area (Å²) in [5.74, 6) is 1.03. The molecule has 2 aromatic rings. The van der Waals surface area contributed by atoms with Crippen molar-refractivity contribution in [2.75, 3.05) is 11.9 Å². The highest BCUT2D eigenvalue weighted by atomic mass is 19.4. The number of hydrogen-bond acceptors (Lipinski definition) is 4. The first-order chi connectivity index (χ1) is 13.0. The lowest BCUT2D eigenvalue weighted by Crippen LogP contribution is -2.30. The Balaban J connectivity index is 1.59. The number of anilines is 1. The standard InChI is InChI=1S/C20H24F3N3O2/c1-19(2,3)16-9-24-18(28-16)8-7-17(27)25-15-6-4-5-13-10-26(11-14(13)15)12-20(21,22)23/h4-6,9H,7-8,10-12H2,1-3H3,(H,25,27). The fraction of sp³-hybridized carbons (Fsp3) is 0.500. The number of nitrogens with zero attached hydrogens (tertiary/aromatic N) is 2. The van der Waals surface area contributed by atoms with Crippen LogP contribution in [0.4, 0.5) is 18.9 Å². The van der Waals surface area contributed by atoms with Gasteiger partial charge in [-0.3, -0.25) is 9.69 Å². The Morgan fingerprint density at radius 2 is 2.00 bits per heavy atom. The van der Waals surface area contributed by atoms with Crippen LogP contribution in [0.1, 0.15) is 50.0 Å². The number of aryl methyl sites for hydroxylation is 1. The molecule has 0 unspecified atom stereocenters. The second-order valence-corrected chi connectivity index (χ2v) is 8.12. The molecule has 0 spiro atoms. The predicted molar refractivity (Wildman–Crippen MR) is 98.8 cm³/mol. The molecule has 1 N–H and O–H groups in total. The molecular formula is C20H24F3N3O2. The van der Waals surface area contributed by atoms with Crippen molar-refractivity contribution in [1.29, 1.82) is 0 Å². The first-order valence-electron chi connectivity index (χ1n) is 9.16.